The minimum Gasteiger partial charge on any atom is -0.456 e. The summed E-state index contributed by atoms with van der Waals surface area (Å²) in [4.78, 5) is 4.73. The van der Waals surface area contributed by atoms with Crippen LogP contribution in [0.25, 0.3) is 43.4 Å². The van der Waals surface area contributed by atoms with Gasteiger partial charge in [-0.3, -0.25) is 0 Å². The van der Waals surface area contributed by atoms with E-state index in [2.05, 4.69) is 233 Å². The Morgan fingerprint density at radius 2 is 0.831 bits per heavy atom. The van der Waals surface area contributed by atoms with Crippen molar-refractivity contribution >= 4 is 66.4 Å². The van der Waals surface area contributed by atoms with E-state index in [4.69, 9.17) is 4.74 Å². The first-order valence-corrected chi connectivity index (χ1v) is 20.7. The molecule has 3 nitrogen and oxygen atoms in total. The van der Waals surface area contributed by atoms with Crippen molar-refractivity contribution < 1.29 is 4.74 Å². The summed E-state index contributed by atoms with van der Waals surface area (Å²) in [5.41, 5.74) is 11.7. The van der Waals surface area contributed by atoms with Crippen molar-refractivity contribution in [2.75, 3.05) is 9.80 Å². The average Bonchev–Trinajstić information content (AvgIpc) is 3.24. The van der Waals surface area contributed by atoms with E-state index in [0.717, 1.165) is 56.6 Å². The lowest BCUT2D eigenvalue weighted by molar-refractivity contribution is 0.487. The van der Waals surface area contributed by atoms with Gasteiger partial charge in [-0.05, 0) is 128 Å². The van der Waals surface area contributed by atoms with Crippen LogP contribution < -0.4 is 14.5 Å². The van der Waals surface area contributed by atoms with E-state index in [-0.39, 0.29) is 10.8 Å². The molecule has 0 spiro atoms. The van der Waals surface area contributed by atoms with Crippen molar-refractivity contribution in [1.29, 1.82) is 0 Å². The summed E-state index contributed by atoms with van der Waals surface area (Å²) in [6.07, 6.45) is 0. The number of hydrogen-bond donors (Lipinski definition) is 0. The molecule has 0 amide bonds. The topological polar surface area (TPSA) is 15.7 Å². The third kappa shape index (κ3) is 6.38. The Hall–Kier alpha value is -6.84. The number of ether oxygens (including phenoxy) is 1. The molecule has 1 aliphatic rings. The smallest absolute Gasteiger partial charge is 0.137 e. The fourth-order valence-corrected chi connectivity index (χ4v) is 8.81. The van der Waals surface area contributed by atoms with Crippen molar-refractivity contribution in [3.63, 3.8) is 0 Å². The molecule has 0 unspecified atom stereocenters. The third-order valence-corrected chi connectivity index (χ3v) is 11.9. The zero-order valence-corrected chi connectivity index (χ0v) is 34.6. The summed E-state index contributed by atoms with van der Waals surface area (Å²) in [5, 5.41) is 7.16. The molecule has 0 atom stereocenters. The van der Waals surface area contributed by atoms with E-state index in [0.29, 0.717) is 0 Å². The van der Waals surface area contributed by atoms with Crippen LogP contribution in [0.15, 0.2) is 182 Å². The Balaban J connectivity index is 1.16. The van der Waals surface area contributed by atoms with Gasteiger partial charge in [0.05, 0.1) is 5.69 Å². The first-order chi connectivity index (χ1) is 28.5. The van der Waals surface area contributed by atoms with Gasteiger partial charge in [0.25, 0.3) is 0 Å². The van der Waals surface area contributed by atoms with E-state index < -0.39 is 0 Å². The molecule has 10 rings (SSSR count). The molecule has 0 aromatic heterocycles. The number of fused-ring (bicyclic) bond motifs is 6. The van der Waals surface area contributed by atoms with Gasteiger partial charge in [-0.2, -0.15) is 0 Å². The van der Waals surface area contributed by atoms with Crippen LogP contribution in [0.4, 0.5) is 34.1 Å². The molecule has 0 radical (unpaired) electrons. The van der Waals surface area contributed by atoms with Crippen LogP contribution in [-0.4, -0.2) is 0 Å². The number of anilines is 6. The molecule has 288 valence electrons. The highest BCUT2D eigenvalue weighted by atomic mass is 16.5. The minimum absolute atomic E-state index is 0.0625. The molecule has 1 heterocycles. The van der Waals surface area contributed by atoms with Crippen LogP contribution in [0.2, 0.25) is 0 Å². The molecule has 0 N–H and O–H groups in total. The third-order valence-electron chi connectivity index (χ3n) is 11.9. The Morgan fingerprint density at radius 3 is 1.44 bits per heavy atom. The molecule has 0 fully saturated rings. The lowest BCUT2D eigenvalue weighted by Crippen LogP contribution is -2.13. The Bertz CT molecular complexity index is 3010. The highest BCUT2D eigenvalue weighted by molar-refractivity contribution is 6.25. The van der Waals surface area contributed by atoms with Crippen molar-refractivity contribution in [2.45, 2.75) is 52.4 Å². The minimum atomic E-state index is 0.0625. The molecule has 0 saturated heterocycles. The summed E-state index contributed by atoms with van der Waals surface area (Å²) in [7, 11) is 0. The fraction of sp³-hybridized carbons (Fsp3) is 0.143. The van der Waals surface area contributed by atoms with E-state index in [1.165, 1.54) is 43.6 Å². The number of hydrogen-bond acceptors (Lipinski definition) is 3. The lowest BCUT2D eigenvalue weighted by Gasteiger charge is -2.30. The normalized spacial score (nSPS) is 12.4. The predicted octanol–water partition coefficient (Wildman–Crippen LogP) is 16.5. The van der Waals surface area contributed by atoms with Gasteiger partial charge in [0, 0.05) is 50.8 Å². The van der Waals surface area contributed by atoms with E-state index in [9.17, 15) is 0 Å². The van der Waals surface area contributed by atoms with Crippen molar-refractivity contribution in [2.24, 2.45) is 0 Å². The highest BCUT2D eigenvalue weighted by Crippen LogP contribution is 2.53. The van der Waals surface area contributed by atoms with E-state index in [1.54, 1.807) is 0 Å². The van der Waals surface area contributed by atoms with Gasteiger partial charge in [-0.1, -0.05) is 139 Å². The molecular weight excluding hydrogens is 717 g/mol. The van der Waals surface area contributed by atoms with E-state index >= 15 is 0 Å². The SMILES string of the molecule is CC(C)(C)c1ccc(N(c2ccccc2)c2ccc3c(c2)Oc2cccc4c2c-3cc2c3ccccc3c(N(c3ccccc3)c3ccc(C(C)(C)C)cc3)cc42)cc1. The van der Waals surface area contributed by atoms with Crippen molar-refractivity contribution in [3.8, 4) is 22.6 Å². The quantitative estimate of drug-likeness (QED) is 0.157. The molecule has 3 heteroatoms. The van der Waals surface area contributed by atoms with Crippen LogP contribution in [0.5, 0.6) is 11.5 Å². The zero-order chi connectivity index (χ0) is 40.5. The predicted molar refractivity (Wildman–Crippen MR) is 251 cm³/mol. The fourth-order valence-electron chi connectivity index (χ4n) is 8.81. The molecule has 59 heavy (non-hydrogen) atoms. The summed E-state index contributed by atoms with van der Waals surface area (Å²) in [5.74, 6) is 1.72. The second-order valence-electron chi connectivity index (χ2n) is 17.9. The number of rotatable bonds is 6. The summed E-state index contributed by atoms with van der Waals surface area (Å²) < 4.78 is 6.93. The molecule has 9 aromatic rings. The number of benzene rings is 9. The van der Waals surface area contributed by atoms with Gasteiger partial charge in [0.1, 0.15) is 11.5 Å². The molecule has 0 aliphatic carbocycles. The number of para-hydroxylation sites is 2. The zero-order valence-electron chi connectivity index (χ0n) is 34.6. The van der Waals surface area contributed by atoms with Crippen LogP contribution in [-0.2, 0) is 10.8 Å². The molecule has 0 bridgehead atoms. The maximum atomic E-state index is 6.93. The second-order valence-corrected chi connectivity index (χ2v) is 17.9. The van der Waals surface area contributed by atoms with Gasteiger partial charge in [0.15, 0.2) is 0 Å². The molecular formula is C56H48N2O. The maximum absolute atomic E-state index is 6.93. The lowest BCUT2D eigenvalue weighted by atomic mass is 9.87. The van der Waals surface area contributed by atoms with Crippen molar-refractivity contribution in [1.82, 2.24) is 0 Å². The Kier molecular flexibility index (Phi) is 8.61. The average molecular weight is 765 g/mol. The van der Waals surface area contributed by atoms with Gasteiger partial charge < -0.3 is 14.5 Å². The molecule has 1 aliphatic heterocycles. The number of nitrogens with zero attached hydrogens (tertiary/aromatic N) is 2. The van der Waals surface area contributed by atoms with Gasteiger partial charge in [-0.25, -0.2) is 0 Å². The molecule has 0 saturated carbocycles. The Morgan fingerprint density at radius 1 is 0.339 bits per heavy atom. The van der Waals surface area contributed by atoms with E-state index in [1.807, 2.05) is 0 Å². The standard InChI is InChI=1S/C56H48N2O/c1-55(2,3)37-24-28-41(29-25-37)57(39-16-9-7-10-17-39)43-32-33-46-50-35-48-44-20-13-14-21-45(44)51(36-49(48)47-22-15-23-52(54(47)50)59-53(46)34-43)58(40-18-11-8-12-19-40)42-30-26-38(27-31-42)56(4,5)6/h7-36H,1-6H3. The van der Waals surface area contributed by atoms with Crippen LogP contribution in [0, 0.1) is 0 Å². The first-order valence-electron chi connectivity index (χ1n) is 20.7. The van der Waals surface area contributed by atoms with Crippen LogP contribution >= 0.6 is 0 Å². The van der Waals surface area contributed by atoms with Crippen LogP contribution in [0.1, 0.15) is 52.7 Å². The van der Waals surface area contributed by atoms with Gasteiger partial charge >= 0.3 is 0 Å². The second kappa shape index (κ2) is 13.9. The monoisotopic (exact) mass is 764 g/mol. The summed E-state index contributed by atoms with van der Waals surface area (Å²) in [6, 6.07) is 66.2. The summed E-state index contributed by atoms with van der Waals surface area (Å²) in [6.45, 7) is 13.6. The van der Waals surface area contributed by atoms with Crippen LogP contribution in [0.3, 0.4) is 0 Å². The van der Waals surface area contributed by atoms with Crippen molar-refractivity contribution in [3.05, 3.63) is 193 Å². The first kappa shape index (κ1) is 36.5. The van der Waals surface area contributed by atoms with Gasteiger partial charge in [-0.15, -0.1) is 0 Å². The van der Waals surface area contributed by atoms with Gasteiger partial charge in [0.2, 0.25) is 0 Å². The largest absolute Gasteiger partial charge is 0.456 e. The Labute approximate surface area is 347 Å². The molecule has 9 aromatic carbocycles. The maximum Gasteiger partial charge on any atom is 0.137 e. The summed E-state index contributed by atoms with van der Waals surface area (Å²) >= 11 is 0. The highest BCUT2D eigenvalue weighted by Gasteiger charge is 2.26.